The van der Waals surface area contributed by atoms with Crippen molar-refractivity contribution < 1.29 is 14.7 Å². The van der Waals surface area contributed by atoms with E-state index in [9.17, 15) is 14.7 Å². The number of amides is 1. The first kappa shape index (κ1) is 18.2. The number of rotatable bonds is 5. The molecule has 1 aromatic heterocycles. The van der Waals surface area contributed by atoms with Gasteiger partial charge in [-0.3, -0.25) is 4.79 Å². The Morgan fingerprint density at radius 3 is 2.14 bits per heavy atom. The molecule has 0 unspecified atom stereocenters. The van der Waals surface area contributed by atoms with Crippen LogP contribution in [0.4, 0.5) is 0 Å². The van der Waals surface area contributed by atoms with Gasteiger partial charge in [-0.15, -0.1) is 0 Å². The largest absolute Gasteiger partial charge is 0.480 e. The average Bonchev–Trinajstić information content (AvgIpc) is 3.03. The van der Waals surface area contributed by atoms with E-state index in [1.165, 1.54) is 6.20 Å². The Morgan fingerprint density at radius 2 is 1.61 bits per heavy atom. The lowest BCUT2D eigenvalue weighted by Gasteiger charge is -2.19. The number of carbonyl (C=O) groups is 2. The molecule has 1 amide bonds. The van der Waals surface area contributed by atoms with Crippen molar-refractivity contribution in [1.29, 1.82) is 0 Å². The molecule has 28 heavy (non-hydrogen) atoms. The zero-order valence-corrected chi connectivity index (χ0v) is 15.6. The van der Waals surface area contributed by atoms with Gasteiger partial charge in [0.05, 0.1) is 5.92 Å². The Bertz CT molecular complexity index is 1000. The minimum Gasteiger partial charge on any atom is -0.480 e. The van der Waals surface area contributed by atoms with Crippen LogP contribution < -0.4 is 5.32 Å². The molecule has 0 saturated heterocycles. The number of hydrogen-bond acceptors (Lipinski definition) is 3. The van der Waals surface area contributed by atoms with Crippen molar-refractivity contribution in [3.8, 4) is 11.1 Å². The van der Waals surface area contributed by atoms with Crippen LogP contribution in [0.1, 0.15) is 22.6 Å². The van der Waals surface area contributed by atoms with Gasteiger partial charge in [0.1, 0.15) is 11.2 Å². The van der Waals surface area contributed by atoms with Crippen LogP contribution >= 0.6 is 11.6 Å². The zero-order chi connectivity index (χ0) is 19.7. The molecule has 0 saturated carbocycles. The molecule has 1 aliphatic carbocycles. The fourth-order valence-corrected chi connectivity index (χ4v) is 3.77. The van der Waals surface area contributed by atoms with Gasteiger partial charge in [-0.2, -0.15) is 0 Å². The van der Waals surface area contributed by atoms with Crippen LogP contribution in [-0.4, -0.2) is 28.0 Å². The molecule has 2 aromatic carbocycles. The SMILES string of the molecule is O=C(N[C@@H](Cc1ccc(Cl)nc1)C(=O)O)C1c2ccccc2-c2ccccc21. The highest BCUT2D eigenvalue weighted by Crippen LogP contribution is 2.44. The maximum Gasteiger partial charge on any atom is 0.326 e. The second-order valence-electron chi connectivity index (χ2n) is 6.70. The van der Waals surface area contributed by atoms with Crippen molar-refractivity contribution >= 4 is 23.5 Å². The Hall–Kier alpha value is -3.18. The smallest absolute Gasteiger partial charge is 0.326 e. The van der Waals surface area contributed by atoms with E-state index in [0.717, 1.165) is 22.3 Å². The fourth-order valence-electron chi connectivity index (χ4n) is 3.66. The average molecular weight is 393 g/mol. The Morgan fingerprint density at radius 1 is 1.00 bits per heavy atom. The number of benzene rings is 2. The number of pyridine rings is 1. The van der Waals surface area contributed by atoms with E-state index in [-0.39, 0.29) is 12.3 Å². The van der Waals surface area contributed by atoms with Gasteiger partial charge in [-0.25, -0.2) is 9.78 Å². The minimum atomic E-state index is -1.09. The van der Waals surface area contributed by atoms with Crippen LogP contribution in [0.5, 0.6) is 0 Å². The lowest BCUT2D eigenvalue weighted by Crippen LogP contribution is -2.44. The Labute approximate surface area is 167 Å². The summed E-state index contributed by atoms with van der Waals surface area (Å²) < 4.78 is 0. The molecule has 0 fully saturated rings. The highest BCUT2D eigenvalue weighted by Gasteiger charge is 2.35. The van der Waals surface area contributed by atoms with Crippen molar-refractivity contribution in [3.63, 3.8) is 0 Å². The summed E-state index contributed by atoms with van der Waals surface area (Å²) in [5.41, 5.74) is 4.47. The molecule has 0 spiro atoms. The molecule has 0 aliphatic heterocycles. The Kier molecular flexibility index (Phi) is 4.84. The van der Waals surface area contributed by atoms with Crippen molar-refractivity contribution in [2.24, 2.45) is 0 Å². The highest BCUT2D eigenvalue weighted by atomic mass is 35.5. The number of carbonyl (C=O) groups excluding carboxylic acids is 1. The van der Waals surface area contributed by atoms with Crippen LogP contribution in [0.25, 0.3) is 11.1 Å². The normalized spacial score (nSPS) is 13.5. The third-order valence-electron chi connectivity index (χ3n) is 4.94. The molecule has 1 aliphatic rings. The number of nitrogens with one attached hydrogen (secondary N) is 1. The van der Waals surface area contributed by atoms with Gasteiger partial charge in [-0.05, 0) is 33.9 Å². The maximum absolute atomic E-state index is 13.1. The lowest BCUT2D eigenvalue weighted by molar-refractivity contribution is -0.141. The predicted molar refractivity (Wildman–Crippen MR) is 106 cm³/mol. The molecule has 4 rings (SSSR count). The standard InChI is InChI=1S/C22H17ClN2O3/c23-19-10-9-13(12-24-19)11-18(22(27)28)25-21(26)20-16-7-3-1-5-14(16)15-6-2-4-8-17(15)20/h1-10,12,18,20H,11H2,(H,25,26)(H,27,28)/t18-/m0/s1. The molecule has 1 heterocycles. The van der Waals surface area contributed by atoms with Crippen molar-refractivity contribution in [2.45, 2.75) is 18.4 Å². The van der Waals surface area contributed by atoms with Gasteiger partial charge >= 0.3 is 5.97 Å². The van der Waals surface area contributed by atoms with E-state index in [1.54, 1.807) is 12.1 Å². The first-order chi connectivity index (χ1) is 13.5. The number of carboxylic acid groups (broad SMARTS) is 1. The van der Waals surface area contributed by atoms with E-state index >= 15 is 0 Å². The van der Waals surface area contributed by atoms with Gasteiger partial charge in [0, 0.05) is 12.6 Å². The van der Waals surface area contributed by atoms with Gasteiger partial charge in [0.15, 0.2) is 0 Å². The number of aromatic nitrogens is 1. The molecule has 140 valence electrons. The van der Waals surface area contributed by atoms with Crippen LogP contribution in [0.15, 0.2) is 66.9 Å². The lowest BCUT2D eigenvalue weighted by atomic mass is 9.95. The summed E-state index contributed by atoms with van der Waals surface area (Å²) >= 11 is 5.78. The molecule has 2 N–H and O–H groups in total. The topological polar surface area (TPSA) is 79.3 Å². The first-order valence-corrected chi connectivity index (χ1v) is 9.24. The zero-order valence-electron chi connectivity index (χ0n) is 14.8. The van der Waals surface area contributed by atoms with Crippen molar-refractivity contribution in [1.82, 2.24) is 10.3 Å². The molecule has 3 aromatic rings. The molecule has 6 heteroatoms. The monoisotopic (exact) mass is 392 g/mol. The quantitative estimate of drug-likeness (QED) is 0.649. The Balaban J connectivity index is 1.61. The molecular weight excluding hydrogens is 376 g/mol. The van der Waals surface area contributed by atoms with Crippen LogP contribution in [0.3, 0.4) is 0 Å². The molecule has 0 radical (unpaired) electrons. The van der Waals surface area contributed by atoms with Crippen molar-refractivity contribution in [2.75, 3.05) is 0 Å². The van der Waals surface area contributed by atoms with Crippen LogP contribution in [0.2, 0.25) is 5.15 Å². The number of nitrogens with zero attached hydrogens (tertiary/aromatic N) is 1. The summed E-state index contributed by atoms with van der Waals surface area (Å²) in [6.45, 7) is 0. The third kappa shape index (κ3) is 3.37. The van der Waals surface area contributed by atoms with E-state index in [4.69, 9.17) is 11.6 Å². The van der Waals surface area contributed by atoms with E-state index in [2.05, 4.69) is 10.3 Å². The molecule has 5 nitrogen and oxygen atoms in total. The first-order valence-electron chi connectivity index (χ1n) is 8.86. The van der Waals surface area contributed by atoms with E-state index in [1.807, 2.05) is 48.5 Å². The summed E-state index contributed by atoms with van der Waals surface area (Å²) in [7, 11) is 0. The van der Waals surface area contributed by atoms with E-state index in [0.29, 0.717) is 10.7 Å². The molecule has 0 bridgehead atoms. The van der Waals surface area contributed by atoms with Crippen LogP contribution in [-0.2, 0) is 16.0 Å². The maximum atomic E-state index is 13.1. The number of carboxylic acids is 1. The summed E-state index contributed by atoms with van der Waals surface area (Å²) in [5.74, 6) is -1.95. The van der Waals surface area contributed by atoms with Crippen LogP contribution in [0, 0.1) is 0 Å². The van der Waals surface area contributed by atoms with Gasteiger partial charge < -0.3 is 10.4 Å². The fraction of sp³-hybridized carbons (Fsp3) is 0.136. The molecular formula is C22H17ClN2O3. The second kappa shape index (κ2) is 7.44. The number of halogens is 1. The number of hydrogen-bond donors (Lipinski definition) is 2. The number of fused-ring (bicyclic) bond motifs is 3. The van der Waals surface area contributed by atoms with Gasteiger partial charge in [0.25, 0.3) is 0 Å². The van der Waals surface area contributed by atoms with E-state index < -0.39 is 17.9 Å². The third-order valence-corrected chi connectivity index (χ3v) is 5.16. The summed E-state index contributed by atoms with van der Waals surface area (Å²) in [5, 5.41) is 12.6. The summed E-state index contributed by atoms with van der Waals surface area (Å²) in [4.78, 5) is 28.8. The van der Waals surface area contributed by atoms with Gasteiger partial charge in [-0.1, -0.05) is 66.2 Å². The van der Waals surface area contributed by atoms with Gasteiger partial charge in [0.2, 0.25) is 5.91 Å². The minimum absolute atomic E-state index is 0.126. The highest BCUT2D eigenvalue weighted by molar-refractivity contribution is 6.29. The number of aliphatic carboxylic acids is 1. The molecule has 1 atom stereocenters. The predicted octanol–water partition coefficient (Wildman–Crippen LogP) is 3.66. The second-order valence-corrected chi connectivity index (χ2v) is 7.09. The summed E-state index contributed by atoms with van der Waals surface area (Å²) in [6.07, 6.45) is 1.64. The summed E-state index contributed by atoms with van der Waals surface area (Å²) in [6, 6.07) is 17.7. The van der Waals surface area contributed by atoms with Crippen molar-refractivity contribution in [3.05, 3.63) is 88.7 Å².